The number of ether oxygens (including phenoxy) is 2. The van der Waals surface area contributed by atoms with Crippen LogP contribution < -0.4 is 0 Å². The van der Waals surface area contributed by atoms with Gasteiger partial charge in [-0.05, 0) is 31.4 Å². The molecule has 0 aliphatic carbocycles. The van der Waals surface area contributed by atoms with E-state index in [0.717, 1.165) is 13.0 Å². The van der Waals surface area contributed by atoms with E-state index in [4.69, 9.17) is 9.47 Å². The first-order chi connectivity index (χ1) is 8.66. The molecule has 2 atom stereocenters. The Balaban J connectivity index is 1.94. The van der Waals surface area contributed by atoms with E-state index in [1.54, 1.807) is 0 Å². The Morgan fingerprint density at radius 1 is 1.39 bits per heavy atom. The molecule has 0 saturated carbocycles. The maximum Gasteiger partial charge on any atom is 0.0853 e. The van der Waals surface area contributed by atoms with Crippen LogP contribution >= 0.6 is 0 Å². The summed E-state index contributed by atoms with van der Waals surface area (Å²) < 4.78 is 11.2. The Labute approximate surface area is 109 Å². The summed E-state index contributed by atoms with van der Waals surface area (Å²) in [4.78, 5) is 0. The summed E-state index contributed by atoms with van der Waals surface area (Å²) in [5.41, 5.74) is 2.55. The Morgan fingerprint density at radius 2 is 2.17 bits per heavy atom. The highest BCUT2D eigenvalue weighted by Gasteiger charge is 2.23. The molecule has 1 N–H and O–H groups in total. The van der Waals surface area contributed by atoms with Crippen LogP contribution in [-0.2, 0) is 15.9 Å². The average Bonchev–Trinajstić information content (AvgIpc) is 2.37. The summed E-state index contributed by atoms with van der Waals surface area (Å²) in [7, 11) is 0. The summed E-state index contributed by atoms with van der Waals surface area (Å²) in [6, 6.07) is 8.31. The molecule has 100 valence electrons. The molecule has 0 amide bonds. The summed E-state index contributed by atoms with van der Waals surface area (Å²) in [6.07, 6.45) is 1.25. The fourth-order valence-corrected chi connectivity index (χ4v) is 2.29. The van der Waals surface area contributed by atoms with E-state index in [9.17, 15) is 5.11 Å². The number of hydrogen-bond donors (Lipinski definition) is 1. The summed E-state index contributed by atoms with van der Waals surface area (Å²) in [5, 5.41) is 9.97. The van der Waals surface area contributed by atoms with Crippen LogP contribution in [0.4, 0.5) is 0 Å². The molecule has 0 saturated heterocycles. The largest absolute Gasteiger partial charge is 0.391 e. The second-order valence-electron chi connectivity index (χ2n) is 5.08. The number of aliphatic hydroxyl groups is 1. The van der Waals surface area contributed by atoms with E-state index in [2.05, 4.69) is 18.2 Å². The minimum absolute atomic E-state index is 0.000659. The van der Waals surface area contributed by atoms with Crippen LogP contribution in [0.1, 0.15) is 37.5 Å². The van der Waals surface area contributed by atoms with E-state index in [1.807, 2.05) is 19.9 Å². The predicted molar refractivity (Wildman–Crippen MR) is 70.6 cm³/mol. The van der Waals surface area contributed by atoms with Crippen molar-refractivity contribution in [3.05, 3.63) is 35.4 Å². The van der Waals surface area contributed by atoms with Crippen molar-refractivity contribution in [1.29, 1.82) is 0 Å². The first-order valence-electron chi connectivity index (χ1n) is 6.66. The van der Waals surface area contributed by atoms with Gasteiger partial charge in [0.15, 0.2) is 0 Å². The van der Waals surface area contributed by atoms with E-state index in [1.165, 1.54) is 11.1 Å². The zero-order chi connectivity index (χ0) is 13.0. The zero-order valence-electron chi connectivity index (χ0n) is 11.1. The minimum atomic E-state index is -0.469. The number of hydrogen-bond acceptors (Lipinski definition) is 3. The highest BCUT2D eigenvalue weighted by molar-refractivity contribution is 5.30. The molecular weight excluding hydrogens is 228 g/mol. The number of aliphatic hydroxyl groups excluding tert-OH is 1. The topological polar surface area (TPSA) is 38.7 Å². The first-order valence-corrected chi connectivity index (χ1v) is 6.66. The molecule has 1 aromatic rings. The molecule has 0 radical (unpaired) electrons. The monoisotopic (exact) mass is 250 g/mol. The van der Waals surface area contributed by atoms with Gasteiger partial charge in [0.1, 0.15) is 0 Å². The van der Waals surface area contributed by atoms with Crippen molar-refractivity contribution < 1.29 is 14.6 Å². The van der Waals surface area contributed by atoms with Crippen molar-refractivity contribution in [2.45, 2.75) is 45.0 Å². The van der Waals surface area contributed by atoms with Crippen LogP contribution in [0.5, 0.6) is 0 Å². The molecular formula is C15H22O3. The summed E-state index contributed by atoms with van der Waals surface area (Å²) in [6.45, 7) is 5.05. The lowest BCUT2D eigenvalue weighted by Crippen LogP contribution is -2.25. The van der Waals surface area contributed by atoms with Gasteiger partial charge in [-0.3, -0.25) is 0 Å². The number of fused-ring (bicyclic) bond motifs is 1. The van der Waals surface area contributed by atoms with Gasteiger partial charge in [0.2, 0.25) is 0 Å². The Bertz CT molecular complexity index is 376. The smallest absolute Gasteiger partial charge is 0.0853 e. The molecule has 0 bridgehead atoms. The van der Waals surface area contributed by atoms with Gasteiger partial charge in [-0.25, -0.2) is 0 Å². The maximum absolute atomic E-state index is 9.97. The molecule has 18 heavy (non-hydrogen) atoms. The fourth-order valence-electron chi connectivity index (χ4n) is 2.29. The van der Waals surface area contributed by atoms with Crippen LogP contribution in [0, 0.1) is 0 Å². The molecule has 2 unspecified atom stereocenters. The number of benzene rings is 1. The van der Waals surface area contributed by atoms with Gasteiger partial charge in [-0.1, -0.05) is 24.3 Å². The van der Waals surface area contributed by atoms with Crippen molar-refractivity contribution in [2.24, 2.45) is 0 Å². The van der Waals surface area contributed by atoms with Gasteiger partial charge in [0.05, 0.1) is 31.5 Å². The predicted octanol–water partition coefficient (Wildman–Crippen LogP) is 2.48. The molecule has 3 nitrogen and oxygen atoms in total. The van der Waals surface area contributed by atoms with E-state index < -0.39 is 6.10 Å². The molecule has 1 heterocycles. The van der Waals surface area contributed by atoms with Gasteiger partial charge in [0.25, 0.3) is 0 Å². The van der Waals surface area contributed by atoms with E-state index in [-0.39, 0.29) is 12.2 Å². The molecule has 3 heteroatoms. The van der Waals surface area contributed by atoms with Gasteiger partial charge < -0.3 is 14.6 Å². The third-order valence-electron chi connectivity index (χ3n) is 3.20. The standard InChI is InChI=1S/C15H22O3/c1-11(2)18-10-13(16)9-15-14-6-4-3-5-12(14)7-8-17-15/h3-6,11,13,15-16H,7-10H2,1-2H3. The van der Waals surface area contributed by atoms with Crippen LogP contribution in [-0.4, -0.2) is 30.5 Å². The highest BCUT2D eigenvalue weighted by Crippen LogP contribution is 2.30. The lowest BCUT2D eigenvalue weighted by Gasteiger charge is -2.27. The molecule has 0 fully saturated rings. The van der Waals surface area contributed by atoms with Gasteiger partial charge in [-0.15, -0.1) is 0 Å². The Kier molecular flexibility index (Phi) is 4.75. The van der Waals surface area contributed by atoms with Gasteiger partial charge >= 0.3 is 0 Å². The Hall–Kier alpha value is -0.900. The fraction of sp³-hybridized carbons (Fsp3) is 0.600. The van der Waals surface area contributed by atoms with E-state index >= 15 is 0 Å². The van der Waals surface area contributed by atoms with Crippen LogP contribution in [0.25, 0.3) is 0 Å². The zero-order valence-corrected chi connectivity index (χ0v) is 11.1. The van der Waals surface area contributed by atoms with Crippen LogP contribution in [0.15, 0.2) is 24.3 Å². The quantitative estimate of drug-likeness (QED) is 0.872. The van der Waals surface area contributed by atoms with Crippen molar-refractivity contribution in [1.82, 2.24) is 0 Å². The van der Waals surface area contributed by atoms with Crippen LogP contribution in [0.3, 0.4) is 0 Å². The maximum atomic E-state index is 9.97. The normalized spacial score (nSPS) is 20.8. The summed E-state index contributed by atoms with van der Waals surface area (Å²) >= 11 is 0. The van der Waals surface area contributed by atoms with E-state index in [0.29, 0.717) is 13.0 Å². The van der Waals surface area contributed by atoms with Crippen molar-refractivity contribution in [3.8, 4) is 0 Å². The molecule has 2 rings (SSSR count). The van der Waals surface area contributed by atoms with Crippen LogP contribution in [0.2, 0.25) is 0 Å². The minimum Gasteiger partial charge on any atom is -0.391 e. The Morgan fingerprint density at radius 3 is 2.94 bits per heavy atom. The van der Waals surface area contributed by atoms with Gasteiger partial charge in [0, 0.05) is 6.42 Å². The molecule has 0 aromatic heterocycles. The molecule has 1 aliphatic heterocycles. The third kappa shape index (κ3) is 3.55. The third-order valence-corrected chi connectivity index (χ3v) is 3.20. The van der Waals surface area contributed by atoms with Crippen molar-refractivity contribution >= 4 is 0 Å². The second kappa shape index (κ2) is 6.32. The average molecular weight is 250 g/mol. The first kappa shape index (κ1) is 13.5. The van der Waals surface area contributed by atoms with Crippen molar-refractivity contribution in [2.75, 3.05) is 13.2 Å². The highest BCUT2D eigenvalue weighted by atomic mass is 16.5. The van der Waals surface area contributed by atoms with Gasteiger partial charge in [-0.2, -0.15) is 0 Å². The molecule has 1 aromatic carbocycles. The van der Waals surface area contributed by atoms with Crippen molar-refractivity contribution in [3.63, 3.8) is 0 Å². The SMILES string of the molecule is CC(C)OCC(O)CC1OCCc2ccccc21. The molecule has 0 spiro atoms. The molecule has 1 aliphatic rings. The number of rotatable bonds is 5. The lowest BCUT2D eigenvalue weighted by molar-refractivity contribution is -0.0375. The lowest BCUT2D eigenvalue weighted by atomic mass is 9.94. The summed E-state index contributed by atoms with van der Waals surface area (Å²) in [5.74, 6) is 0. The second-order valence-corrected chi connectivity index (χ2v) is 5.08.